The average molecular weight is 266 g/mol. The number of hydrogen-bond acceptors (Lipinski definition) is 2. The van der Waals surface area contributed by atoms with Crippen molar-refractivity contribution in [3.05, 3.63) is 30.1 Å². The van der Waals surface area contributed by atoms with Gasteiger partial charge in [-0.25, -0.2) is 4.39 Å². The number of halogens is 1. The number of nitrogens with zero attached hydrogens (tertiary/aromatic N) is 1. The van der Waals surface area contributed by atoms with Gasteiger partial charge in [0, 0.05) is 18.8 Å². The maximum atomic E-state index is 13.2. The van der Waals surface area contributed by atoms with Gasteiger partial charge in [0.1, 0.15) is 5.82 Å². The van der Waals surface area contributed by atoms with Gasteiger partial charge in [-0.15, -0.1) is 0 Å². The van der Waals surface area contributed by atoms with E-state index in [1.165, 1.54) is 6.07 Å². The van der Waals surface area contributed by atoms with Crippen LogP contribution in [-0.4, -0.2) is 19.6 Å². The third-order valence-corrected chi connectivity index (χ3v) is 3.64. The van der Waals surface area contributed by atoms with Crippen LogP contribution in [0.2, 0.25) is 0 Å². The first-order chi connectivity index (χ1) is 8.98. The van der Waals surface area contributed by atoms with Crippen molar-refractivity contribution in [3.63, 3.8) is 0 Å². The molecule has 1 rings (SSSR count). The SMILES string of the molecule is CCN(CCCCC(C)(C)CN)c1cccc(F)c1. The van der Waals surface area contributed by atoms with Gasteiger partial charge in [0.25, 0.3) is 0 Å². The largest absolute Gasteiger partial charge is 0.372 e. The normalized spacial score (nSPS) is 11.6. The minimum atomic E-state index is -0.166. The number of anilines is 1. The molecule has 0 fully saturated rings. The summed E-state index contributed by atoms with van der Waals surface area (Å²) in [5.41, 5.74) is 6.93. The van der Waals surface area contributed by atoms with Crippen LogP contribution in [-0.2, 0) is 0 Å². The molecule has 0 radical (unpaired) electrons. The summed E-state index contributed by atoms with van der Waals surface area (Å²) in [7, 11) is 0. The fourth-order valence-electron chi connectivity index (χ4n) is 2.15. The molecule has 2 N–H and O–H groups in total. The molecule has 0 heterocycles. The number of benzene rings is 1. The number of hydrogen-bond donors (Lipinski definition) is 1. The van der Waals surface area contributed by atoms with Gasteiger partial charge in [0.05, 0.1) is 0 Å². The van der Waals surface area contributed by atoms with Crippen molar-refractivity contribution in [2.24, 2.45) is 11.1 Å². The molecule has 0 bridgehead atoms. The number of nitrogens with two attached hydrogens (primary N) is 1. The molecule has 3 heteroatoms. The fraction of sp³-hybridized carbons (Fsp3) is 0.625. The second kappa shape index (κ2) is 7.49. The van der Waals surface area contributed by atoms with Crippen LogP contribution in [0.1, 0.15) is 40.0 Å². The van der Waals surface area contributed by atoms with Crippen LogP contribution in [0.5, 0.6) is 0 Å². The predicted molar refractivity (Wildman–Crippen MR) is 81.0 cm³/mol. The van der Waals surface area contributed by atoms with E-state index in [0.29, 0.717) is 0 Å². The van der Waals surface area contributed by atoms with Gasteiger partial charge in [-0.3, -0.25) is 0 Å². The maximum Gasteiger partial charge on any atom is 0.125 e. The summed E-state index contributed by atoms with van der Waals surface area (Å²) in [6.45, 7) is 9.13. The highest BCUT2D eigenvalue weighted by atomic mass is 19.1. The summed E-state index contributed by atoms with van der Waals surface area (Å²) in [4.78, 5) is 2.22. The molecule has 0 spiro atoms. The molecule has 0 atom stereocenters. The zero-order valence-corrected chi connectivity index (χ0v) is 12.5. The molecule has 0 aliphatic rings. The van der Waals surface area contributed by atoms with E-state index in [0.717, 1.165) is 44.6 Å². The Bertz CT molecular complexity index is 377. The highest BCUT2D eigenvalue weighted by Crippen LogP contribution is 2.22. The number of rotatable bonds is 8. The molecule has 0 aromatic heterocycles. The Balaban J connectivity index is 2.42. The van der Waals surface area contributed by atoms with E-state index in [2.05, 4.69) is 25.7 Å². The molecule has 0 saturated heterocycles. The van der Waals surface area contributed by atoms with Gasteiger partial charge in [-0.05, 0) is 49.9 Å². The minimum Gasteiger partial charge on any atom is -0.372 e. The summed E-state index contributed by atoms with van der Waals surface area (Å²) in [5, 5.41) is 0. The van der Waals surface area contributed by atoms with E-state index < -0.39 is 0 Å². The summed E-state index contributed by atoms with van der Waals surface area (Å²) in [5.74, 6) is -0.166. The molecule has 1 aromatic rings. The predicted octanol–water partition coefficient (Wildman–Crippen LogP) is 3.81. The molecule has 1 aromatic carbocycles. The van der Waals surface area contributed by atoms with Crippen LogP contribution in [0.3, 0.4) is 0 Å². The zero-order chi connectivity index (χ0) is 14.3. The Morgan fingerprint density at radius 2 is 2.00 bits per heavy atom. The lowest BCUT2D eigenvalue weighted by Gasteiger charge is -2.25. The van der Waals surface area contributed by atoms with Crippen molar-refractivity contribution in [2.45, 2.75) is 40.0 Å². The van der Waals surface area contributed by atoms with Crippen molar-refractivity contribution in [1.29, 1.82) is 0 Å². The van der Waals surface area contributed by atoms with Gasteiger partial charge >= 0.3 is 0 Å². The van der Waals surface area contributed by atoms with Gasteiger partial charge in [0.2, 0.25) is 0 Å². The van der Waals surface area contributed by atoms with E-state index in [1.54, 1.807) is 12.1 Å². The van der Waals surface area contributed by atoms with Crippen molar-refractivity contribution >= 4 is 5.69 Å². The van der Waals surface area contributed by atoms with E-state index in [9.17, 15) is 4.39 Å². The Kier molecular flexibility index (Phi) is 6.29. The van der Waals surface area contributed by atoms with Crippen molar-refractivity contribution in [1.82, 2.24) is 0 Å². The molecule has 19 heavy (non-hydrogen) atoms. The molecule has 0 aliphatic heterocycles. The Morgan fingerprint density at radius 1 is 1.26 bits per heavy atom. The highest BCUT2D eigenvalue weighted by Gasteiger charge is 2.14. The fourth-order valence-corrected chi connectivity index (χ4v) is 2.15. The van der Waals surface area contributed by atoms with Crippen LogP contribution in [0.4, 0.5) is 10.1 Å². The molecular weight excluding hydrogens is 239 g/mol. The Hall–Kier alpha value is -1.09. The van der Waals surface area contributed by atoms with E-state index >= 15 is 0 Å². The van der Waals surface area contributed by atoms with Gasteiger partial charge < -0.3 is 10.6 Å². The topological polar surface area (TPSA) is 29.3 Å². The van der Waals surface area contributed by atoms with E-state index in [1.807, 2.05) is 6.07 Å². The maximum absolute atomic E-state index is 13.2. The highest BCUT2D eigenvalue weighted by molar-refractivity contribution is 5.46. The summed E-state index contributed by atoms with van der Waals surface area (Å²) in [6, 6.07) is 6.83. The van der Waals surface area contributed by atoms with Crippen LogP contribution < -0.4 is 10.6 Å². The third-order valence-electron chi connectivity index (χ3n) is 3.64. The standard InChI is InChI=1S/C16H27FN2/c1-4-19(15-9-7-8-14(17)12-15)11-6-5-10-16(2,3)13-18/h7-9,12H,4-6,10-11,13,18H2,1-3H3. The lowest BCUT2D eigenvalue weighted by molar-refractivity contribution is 0.333. The zero-order valence-electron chi connectivity index (χ0n) is 12.5. The smallest absolute Gasteiger partial charge is 0.125 e. The average Bonchev–Trinajstić information content (AvgIpc) is 2.39. The van der Waals surface area contributed by atoms with Crippen molar-refractivity contribution in [3.8, 4) is 0 Å². The molecule has 2 nitrogen and oxygen atoms in total. The van der Waals surface area contributed by atoms with Crippen LogP contribution in [0, 0.1) is 11.2 Å². The molecule has 0 amide bonds. The Morgan fingerprint density at radius 3 is 2.58 bits per heavy atom. The monoisotopic (exact) mass is 266 g/mol. The number of unbranched alkanes of at least 4 members (excludes halogenated alkanes) is 1. The lowest BCUT2D eigenvalue weighted by atomic mass is 9.87. The quantitative estimate of drug-likeness (QED) is 0.725. The molecule has 108 valence electrons. The Labute approximate surface area is 116 Å². The van der Waals surface area contributed by atoms with Gasteiger partial charge in [0.15, 0.2) is 0 Å². The van der Waals surface area contributed by atoms with E-state index in [-0.39, 0.29) is 11.2 Å². The lowest BCUT2D eigenvalue weighted by Crippen LogP contribution is -2.26. The first kappa shape index (κ1) is 16.0. The second-order valence-corrected chi connectivity index (χ2v) is 5.88. The first-order valence-electron chi connectivity index (χ1n) is 7.19. The second-order valence-electron chi connectivity index (χ2n) is 5.88. The van der Waals surface area contributed by atoms with Crippen LogP contribution in [0.15, 0.2) is 24.3 Å². The van der Waals surface area contributed by atoms with Crippen molar-refractivity contribution < 1.29 is 4.39 Å². The molecular formula is C16H27FN2. The minimum absolute atomic E-state index is 0.166. The summed E-state index contributed by atoms with van der Waals surface area (Å²) >= 11 is 0. The molecule has 0 aliphatic carbocycles. The summed E-state index contributed by atoms with van der Waals surface area (Å²) < 4.78 is 13.2. The van der Waals surface area contributed by atoms with Crippen molar-refractivity contribution in [2.75, 3.05) is 24.5 Å². The third kappa shape index (κ3) is 5.60. The van der Waals surface area contributed by atoms with Crippen LogP contribution in [0.25, 0.3) is 0 Å². The molecule has 0 unspecified atom stereocenters. The first-order valence-corrected chi connectivity index (χ1v) is 7.19. The summed E-state index contributed by atoms with van der Waals surface area (Å²) in [6.07, 6.45) is 3.42. The van der Waals surface area contributed by atoms with Gasteiger partial charge in [-0.2, -0.15) is 0 Å². The van der Waals surface area contributed by atoms with Crippen LogP contribution >= 0.6 is 0 Å². The van der Waals surface area contributed by atoms with E-state index in [4.69, 9.17) is 5.73 Å². The van der Waals surface area contributed by atoms with Gasteiger partial charge in [-0.1, -0.05) is 26.3 Å². The molecule has 0 saturated carbocycles.